The Morgan fingerprint density at radius 3 is 2.18 bits per heavy atom. The molecule has 0 saturated carbocycles. The Bertz CT molecular complexity index is 1220. The molecule has 5 N–H and O–H groups in total. The fourth-order valence-corrected chi connectivity index (χ4v) is 3.63. The van der Waals surface area contributed by atoms with Gasteiger partial charge in [0.2, 0.25) is 0 Å². The summed E-state index contributed by atoms with van der Waals surface area (Å²) in [7, 11) is 0. The zero-order valence-electron chi connectivity index (χ0n) is 18.6. The normalized spacial score (nSPS) is 11.0. The maximum absolute atomic E-state index is 13.2. The number of rotatable bonds is 4. The average molecular weight is 481 g/mol. The number of carbonyl (C=O) groups excluding carboxylic acids is 2. The molecule has 0 aliphatic rings. The summed E-state index contributed by atoms with van der Waals surface area (Å²) in [5.41, 5.74) is 14.9. The number of hydrogen-bond donors (Lipinski definition) is 3. The maximum Gasteiger partial charge on any atom is 0.264 e. The number of nitrogen functional groups attached to an aromatic ring is 1. The minimum atomic E-state index is -0.402. The third kappa shape index (κ3) is 5.50. The summed E-state index contributed by atoms with van der Waals surface area (Å²) in [5, 5.41) is 2.94. The highest BCUT2D eigenvalue weighted by atomic mass is 35.5. The maximum atomic E-state index is 13.2. The van der Waals surface area contributed by atoms with Crippen molar-refractivity contribution < 1.29 is 9.59 Å². The van der Waals surface area contributed by atoms with Gasteiger partial charge >= 0.3 is 0 Å². The SMILES string of the molecule is CC(C)(C)c1ccc(C(=O)N(C(N)=S)c2ccc(NC(=O)c3ccccc3Cl)c(N)c2)cc1. The van der Waals surface area contributed by atoms with Crippen molar-refractivity contribution in [1.82, 2.24) is 0 Å². The zero-order valence-corrected chi connectivity index (χ0v) is 20.1. The van der Waals surface area contributed by atoms with Crippen LogP contribution in [0.15, 0.2) is 66.7 Å². The van der Waals surface area contributed by atoms with E-state index in [0.717, 1.165) is 5.56 Å². The van der Waals surface area contributed by atoms with Crippen molar-refractivity contribution in [3.05, 3.63) is 88.4 Å². The van der Waals surface area contributed by atoms with E-state index in [1.54, 1.807) is 48.5 Å². The van der Waals surface area contributed by atoms with E-state index in [-0.39, 0.29) is 22.1 Å². The highest BCUT2D eigenvalue weighted by Gasteiger charge is 2.22. The van der Waals surface area contributed by atoms with Crippen LogP contribution in [0.4, 0.5) is 17.1 Å². The number of nitrogens with one attached hydrogen (secondary N) is 1. The molecule has 3 aromatic rings. The van der Waals surface area contributed by atoms with Gasteiger partial charge in [-0.1, -0.05) is 56.6 Å². The van der Waals surface area contributed by atoms with E-state index in [1.165, 1.54) is 11.0 Å². The molecule has 0 heterocycles. The van der Waals surface area contributed by atoms with E-state index in [4.69, 9.17) is 35.3 Å². The monoisotopic (exact) mass is 480 g/mol. The number of hydrogen-bond acceptors (Lipinski definition) is 4. The molecule has 0 fully saturated rings. The van der Waals surface area contributed by atoms with E-state index in [9.17, 15) is 9.59 Å². The van der Waals surface area contributed by atoms with Gasteiger partial charge in [0.1, 0.15) is 0 Å². The second-order valence-corrected chi connectivity index (χ2v) is 9.34. The molecule has 3 aromatic carbocycles. The summed E-state index contributed by atoms with van der Waals surface area (Å²) in [4.78, 5) is 26.9. The topological polar surface area (TPSA) is 101 Å². The minimum Gasteiger partial charge on any atom is -0.397 e. The molecule has 6 nitrogen and oxygen atoms in total. The van der Waals surface area contributed by atoms with Crippen LogP contribution in [0.25, 0.3) is 0 Å². The van der Waals surface area contributed by atoms with Gasteiger partial charge in [-0.2, -0.15) is 0 Å². The molecule has 0 aliphatic carbocycles. The Morgan fingerprint density at radius 2 is 1.64 bits per heavy atom. The lowest BCUT2D eigenvalue weighted by Gasteiger charge is -2.23. The summed E-state index contributed by atoms with van der Waals surface area (Å²) in [5.74, 6) is -0.781. The van der Waals surface area contributed by atoms with Crippen molar-refractivity contribution in [1.29, 1.82) is 0 Å². The lowest BCUT2D eigenvalue weighted by Crippen LogP contribution is -2.40. The third-order valence-corrected chi connectivity index (χ3v) is 5.59. The van der Waals surface area contributed by atoms with Crippen LogP contribution in [0.1, 0.15) is 47.1 Å². The van der Waals surface area contributed by atoms with Gasteiger partial charge in [0.05, 0.1) is 27.6 Å². The average Bonchev–Trinajstić information content (AvgIpc) is 2.75. The van der Waals surface area contributed by atoms with E-state index in [2.05, 4.69) is 26.1 Å². The molecule has 8 heteroatoms. The Morgan fingerprint density at radius 1 is 1.00 bits per heavy atom. The highest BCUT2D eigenvalue weighted by molar-refractivity contribution is 7.80. The molecule has 0 aromatic heterocycles. The highest BCUT2D eigenvalue weighted by Crippen LogP contribution is 2.28. The molecular weight excluding hydrogens is 456 g/mol. The molecular formula is C25H25ClN4O2S. The largest absolute Gasteiger partial charge is 0.397 e. The van der Waals surface area contributed by atoms with E-state index in [0.29, 0.717) is 27.5 Å². The number of carbonyl (C=O) groups is 2. The fraction of sp³-hybridized carbons (Fsp3) is 0.160. The van der Waals surface area contributed by atoms with E-state index < -0.39 is 5.91 Å². The molecule has 3 rings (SSSR count). The standard InChI is InChI=1S/C25H25ClN4O2S/c1-25(2,3)16-10-8-15(9-11-16)23(32)30(24(28)33)17-12-13-21(20(27)14-17)29-22(31)18-6-4-5-7-19(18)26/h4-14H,27H2,1-3H3,(H2,28,33)(H,29,31). The first-order valence-electron chi connectivity index (χ1n) is 10.2. The Kier molecular flexibility index (Phi) is 7.05. The smallest absolute Gasteiger partial charge is 0.264 e. The van der Waals surface area contributed by atoms with Gasteiger partial charge in [-0.3, -0.25) is 14.5 Å². The number of amides is 2. The summed E-state index contributed by atoms with van der Waals surface area (Å²) < 4.78 is 0. The van der Waals surface area contributed by atoms with Crippen LogP contribution >= 0.6 is 23.8 Å². The number of anilines is 3. The van der Waals surface area contributed by atoms with Crippen LogP contribution in [0.3, 0.4) is 0 Å². The first-order valence-corrected chi connectivity index (χ1v) is 11.0. The predicted molar refractivity (Wildman–Crippen MR) is 139 cm³/mol. The number of nitrogens with two attached hydrogens (primary N) is 2. The lowest BCUT2D eigenvalue weighted by atomic mass is 9.86. The van der Waals surface area contributed by atoms with Crippen LogP contribution in [0.2, 0.25) is 5.02 Å². The van der Waals surface area contributed by atoms with Crippen LogP contribution in [0.5, 0.6) is 0 Å². The summed E-state index contributed by atoms with van der Waals surface area (Å²) in [6.07, 6.45) is 0. The zero-order chi connectivity index (χ0) is 24.3. The molecule has 0 saturated heterocycles. The Balaban J connectivity index is 1.86. The molecule has 0 radical (unpaired) electrons. The molecule has 0 bridgehead atoms. The van der Waals surface area contributed by atoms with Crippen molar-refractivity contribution in [3.63, 3.8) is 0 Å². The van der Waals surface area contributed by atoms with Crippen LogP contribution in [-0.4, -0.2) is 16.9 Å². The first-order chi connectivity index (χ1) is 15.5. The van der Waals surface area contributed by atoms with Crippen LogP contribution < -0.4 is 21.7 Å². The molecule has 2 amide bonds. The van der Waals surface area contributed by atoms with Crippen LogP contribution in [0, 0.1) is 0 Å². The quantitative estimate of drug-likeness (QED) is 0.344. The minimum absolute atomic E-state index is 0.0386. The van der Waals surface area contributed by atoms with E-state index in [1.807, 2.05) is 12.1 Å². The van der Waals surface area contributed by atoms with Gasteiger partial charge in [-0.15, -0.1) is 0 Å². The van der Waals surface area contributed by atoms with Crippen molar-refractivity contribution >= 4 is 57.8 Å². The summed E-state index contributed by atoms with van der Waals surface area (Å²) >= 11 is 11.2. The summed E-state index contributed by atoms with van der Waals surface area (Å²) in [6.45, 7) is 6.29. The Labute approximate surface area is 203 Å². The molecule has 0 spiro atoms. The molecule has 170 valence electrons. The van der Waals surface area contributed by atoms with Gasteiger partial charge < -0.3 is 16.8 Å². The van der Waals surface area contributed by atoms with Crippen molar-refractivity contribution in [2.45, 2.75) is 26.2 Å². The molecule has 33 heavy (non-hydrogen) atoms. The summed E-state index contributed by atoms with van der Waals surface area (Å²) in [6, 6.07) is 18.7. The number of thiocarbonyl (C=S) groups is 1. The van der Waals surface area contributed by atoms with Gasteiger partial charge in [0.25, 0.3) is 11.8 Å². The van der Waals surface area contributed by atoms with Crippen molar-refractivity contribution in [3.8, 4) is 0 Å². The number of halogens is 1. The predicted octanol–water partition coefficient (Wildman–Crippen LogP) is 5.36. The van der Waals surface area contributed by atoms with E-state index >= 15 is 0 Å². The van der Waals surface area contributed by atoms with Crippen molar-refractivity contribution in [2.24, 2.45) is 5.73 Å². The van der Waals surface area contributed by atoms with Gasteiger partial charge in [0, 0.05) is 5.56 Å². The van der Waals surface area contributed by atoms with Gasteiger partial charge in [-0.05, 0) is 65.7 Å². The molecule has 0 unspecified atom stereocenters. The first kappa shape index (κ1) is 24.2. The second kappa shape index (κ2) is 9.60. The second-order valence-electron chi connectivity index (χ2n) is 8.51. The lowest BCUT2D eigenvalue weighted by molar-refractivity contribution is 0.0999. The number of nitrogens with zero attached hydrogens (tertiary/aromatic N) is 1. The van der Waals surface area contributed by atoms with Crippen LogP contribution in [-0.2, 0) is 5.41 Å². The van der Waals surface area contributed by atoms with Crippen molar-refractivity contribution in [2.75, 3.05) is 16.0 Å². The third-order valence-electron chi connectivity index (χ3n) is 5.08. The molecule has 0 atom stereocenters. The Hall–Kier alpha value is -3.42. The molecule has 0 aliphatic heterocycles. The number of benzene rings is 3. The van der Waals surface area contributed by atoms with Gasteiger partial charge in [-0.25, -0.2) is 0 Å². The fourth-order valence-electron chi connectivity index (χ4n) is 3.22. The van der Waals surface area contributed by atoms with Gasteiger partial charge in [0.15, 0.2) is 5.11 Å².